The second-order valence-electron chi connectivity index (χ2n) is 15.3. The molecule has 0 saturated carbocycles. The minimum absolute atomic E-state index is 0. The summed E-state index contributed by atoms with van der Waals surface area (Å²) in [6, 6.07) is 49.0. The van der Waals surface area contributed by atoms with Gasteiger partial charge in [0.05, 0.1) is 42.7 Å². The summed E-state index contributed by atoms with van der Waals surface area (Å²) in [6.07, 6.45) is 0. The number of aromatic hydroxyl groups is 1. The molecule has 5 N–H and O–H groups in total. The van der Waals surface area contributed by atoms with Gasteiger partial charge in [-0.2, -0.15) is 0 Å². The molecule has 0 atom stereocenters. The Morgan fingerprint density at radius 3 is 1.47 bits per heavy atom. The second-order valence-corrected chi connectivity index (χ2v) is 15.3. The van der Waals surface area contributed by atoms with Gasteiger partial charge in [0.25, 0.3) is 0 Å². The van der Waals surface area contributed by atoms with Crippen LogP contribution in [0.1, 0.15) is 74.2 Å². The molecule has 6 aromatic carbocycles. The van der Waals surface area contributed by atoms with Gasteiger partial charge in [0.1, 0.15) is 17.2 Å². The monoisotopic (exact) mass is 810 g/mol. The Kier molecular flexibility index (Phi) is 15.8. The van der Waals surface area contributed by atoms with Gasteiger partial charge in [-0.25, -0.2) is 5.43 Å². The van der Waals surface area contributed by atoms with Crippen molar-refractivity contribution in [3.05, 3.63) is 179 Å². The van der Waals surface area contributed by atoms with E-state index in [9.17, 15) is 9.90 Å². The number of Topliss-reactive ketones (excluding diaryl/α,β-unsaturated/α-hetero) is 1. The van der Waals surface area contributed by atoms with Crippen molar-refractivity contribution in [2.45, 2.75) is 52.4 Å². The molecule has 0 fully saturated rings. The average molecular weight is 811 g/mol. The zero-order chi connectivity index (χ0) is 41.9. The van der Waals surface area contributed by atoms with Gasteiger partial charge < -0.3 is 27.0 Å². The Hall–Kier alpha value is -6.22. The van der Waals surface area contributed by atoms with Crippen LogP contribution in [-0.2, 0) is 10.8 Å². The van der Waals surface area contributed by atoms with E-state index in [2.05, 4.69) is 81.4 Å². The van der Waals surface area contributed by atoms with Crippen LogP contribution in [0.25, 0.3) is 0 Å². The fourth-order valence-electron chi connectivity index (χ4n) is 6.83. The molecular weight excluding hydrogens is 756 g/mol. The van der Waals surface area contributed by atoms with E-state index in [1.54, 1.807) is 20.3 Å². The Balaban J connectivity index is 0.000000179. The minimum atomic E-state index is -0.171. The first-order valence-electron chi connectivity index (χ1n) is 19.4. The fourth-order valence-corrected chi connectivity index (χ4v) is 6.83. The van der Waals surface area contributed by atoms with Gasteiger partial charge in [0, 0.05) is 22.3 Å². The quantitative estimate of drug-likeness (QED) is 0.113. The van der Waals surface area contributed by atoms with Crippen LogP contribution in [0.15, 0.2) is 162 Å². The lowest BCUT2D eigenvalue weighted by atomic mass is 9.79. The van der Waals surface area contributed by atoms with Crippen molar-refractivity contribution in [2.24, 2.45) is 15.9 Å². The third-order valence-corrected chi connectivity index (χ3v) is 10.2. The summed E-state index contributed by atoms with van der Waals surface area (Å²) in [6.45, 7) is 12.5. The van der Waals surface area contributed by atoms with E-state index in [0.29, 0.717) is 5.75 Å². The Labute approximate surface area is 355 Å². The summed E-state index contributed by atoms with van der Waals surface area (Å²) in [4.78, 5) is 20.9. The normalized spacial score (nSPS) is 13.5. The number of nitrogens with zero attached hydrogens (tertiary/aromatic N) is 2. The Bertz CT molecular complexity index is 2320. The zero-order valence-electron chi connectivity index (χ0n) is 35.2. The predicted molar refractivity (Wildman–Crippen MR) is 238 cm³/mol. The van der Waals surface area contributed by atoms with Crippen LogP contribution in [0.2, 0.25) is 0 Å². The number of phenolic OH excluding ortho intramolecular Hbond substituents is 1. The van der Waals surface area contributed by atoms with Crippen LogP contribution >= 0.6 is 0 Å². The number of phenols is 1. The molecule has 0 radical (unpaired) electrons. The molecule has 6 aromatic rings. The summed E-state index contributed by atoms with van der Waals surface area (Å²) < 4.78 is 10.3. The highest BCUT2D eigenvalue weighted by molar-refractivity contribution is 6.13. The van der Waals surface area contributed by atoms with Crippen molar-refractivity contribution in [1.29, 1.82) is 0 Å². The lowest BCUT2D eigenvalue weighted by Gasteiger charge is -2.22. The van der Waals surface area contributed by atoms with Crippen molar-refractivity contribution in [1.82, 2.24) is 0 Å². The van der Waals surface area contributed by atoms with Crippen molar-refractivity contribution in [3.63, 3.8) is 0 Å². The van der Waals surface area contributed by atoms with E-state index in [-0.39, 0.29) is 34.9 Å². The minimum Gasteiger partial charge on any atom is -1.00 e. The number of ether oxygens (including phenoxy) is 2. The number of rotatable bonds is 7. The highest BCUT2D eigenvalue weighted by Gasteiger charge is 2.37. The molecule has 0 saturated heterocycles. The number of hydrogen-bond donors (Lipinski definition) is 3. The molecule has 2 aliphatic heterocycles. The van der Waals surface area contributed by atoms with Gasteiger partial charge in [0.15, 0.2) is 5.78 Å². The number of hydrogen-bond acceptors (Lipinski definition) is 7. The highest BCUT2D eigenvalue weighted by atomic mass is 35.5. The van der Waals surface area contributed by atoms with Gasteiger partial charge >= 0.3 is 0 Å². The second kappa shape index (κ2) is 20.5. The number of nitrogens with one attached hydrogen (secondary N) is 1. The lowest BCUT2D eigenvalue weighted by Crippen LogP contribution is -3.00. The first-order valence-corrected chi connectivity index (χ1v) is 19.4. The highest BCUT2D eigenvalue weighted by Crippen LogP contribution is 2.44. The number of carbonyl (C=O) groups excluding carboxylic acids is 1. The average Bonchev–Trinajstić information content (AvgIpc) is 3.68. The molecule has 9 heteroatoms. The molecule has 0 spiro atoms. The zero-order valence-corrected chi connectivity index (χ0v) is 35.9. The van der Waals surface area contributed by atoms with Gasteiger partial charge in [-0.15, -0.1) is 0 Å². The third-order valence-electron chi connectivity index (χ3n) is 10.2. The molecule has 2 aliphatic rings. The van der Waals surface area contributed by atoms with Gasteiger partial charge in [0.2, 0.25) is 0 Å². The number of methoxy groups -OCH3 is 2. The molecule has 2 heterocycles. The number of aliphatic imine (C=N–C) groups is 2. The van der Waals surface area contributed by atoms with Crippen LogP contribution < -0.4 is 33.1 Å². The standard InChI is InChI=1S/C17H17NO.C16H15NO.C10H12O.C7H10N2O.ClH/c1-17(2)14-11-13(19-3)9-10-15(14)18-16(17)12-7-5-4-6-8-12;1-16(2)13-10-12(18)8-9-14(13)17-15(16)11-6-4-3-5-7-11;1-8(2)10(11)9-6-4-3-5-7-9;1-10-7-4-2-6(9-8)3-5-7;/h4-11H,1-3H3;3-10,18H,1-2H3;3-8H,1-2H3;2-5,9H,8H2,1H3;1H. The number of anilines is 1. The molecule has 0 aromatic heterocycles. The van der Waals surface area contributed by atoms with Crippen LogP contribution in [0.5, 0.6) is 17.2 Å². The van der Waals surface area contributed by atoms with Crippen molar-refractivity contribution in [3.8, 4) is 17.2 Å². The van der Waals surface area contributed by atoms with Gasteiger partial charge in [-0.1, -0.05) is 133 Å². The maximum Gasteiger partial charge on any atom is 0.165 e. The first-order chi connectivity index (χ1) is 27.8. The largest absolute Gasteiger partial charge is 1.00 e. The molecule has 0 unspecified atom stereocenters. The first kappa shape index (κ1) is 45.5. The maximum atomic E-state index is 11.3. The Morgan fingerprint density at radius 2 is 1.03 bits per heavy atom. The van der Waals surface area contributed by atoms with Crippen molar-refractivity contribution in [2.75, 3.05) is 19.6 Å². The predicted octanol–water partition coefficient (Wildman–Crippen LogP) is 7.70. The van der Waals surface area contributed by atoms with Crippen LogP contribution in [0.4, 0.5) is 17.1 Å². The summed E-state index contributed by atoms with van der Waals surface area (Å²) in [5.74, 6) is 5.87. The van der Waals surface area contributed by atoms with E-state index < -0.39 is 0 Å². The molecule has 8 rings (SSSR count). The number of halogens is 1. The molecule has 0 amide bonds. The Morgan fingerprint density at radius 1 is 0.610 bits per heavy atom. The number of fused-ring (bicyclic) bond motifs is 2. The fraction of sp³-hybridized carbons (Fsp3) is 0.220. The number of ketones is 1. The maximum absolute atomic E-state index is 11.3. The van der Waals surface area contributed by atoms with Crippen LogP contribution in [0.3, 0.4) is 0 Å². The smallest absolute Gasteiger partial charge is 0.165 e. The van der Waals surface area contributed by atoms with Crippen molar-refractivity contribution >= 4 is 34.3 Å². The van der Waals surface area contributed by atoms with Crippen molar-refractivity contribution < 1.29 is 37.6 Å². The molecule has 306 valence electrons. The summed E-state index contributed by atoms with van der Waals surface area (Å²) >= 11 is 0. The van der Waals surface area contributed by atoms with Gasteiger partial charge in [-0.05, 0) is 82.9 Å². The lowest BCUT2D eigenvalue weighted by molar-refractivity contribution is -0.325. The van der Waals surface area contributed by atoms with E-state index in [4.69, 9.17) is 19.5 Å². The number of benzene rings is 6. The van der Waals surface area contributed by atoms with Crippen LogP contribution in [0, 0.1) is 5.92 Å². The summed E-state index contributed by atoms with van der Waals surface area (Å²) in [5.41, 5.74) is 13.1. The van der Waals surface area contributed by atoms with E-state index in [1.165, 1.54) is 11.1 Å². The molecule has 0 bridgehead atoms. The van der Waals surface area contributed by atoms with E-state index >= 15 is 0 Å². The molecule has 0 aliphatic carbocycles. The number of carbonyl (C=O) groups is 1. The molecule has 59 heavy (non-hydrogen) atoms. The number of quaternary nitrogens is 1. The van der Waals surface area contributed by atoms with Gasteiger partial charge in [-0.3, -0.25) is 20.6 Å². The van der Waals surface area contributed by atoms with Crippen LogP contribution in [-0.4, -0.2) is 36.5 Å². The summed E-state index contributed by atoms with van der Waals surface area (Å²) in [7, 11) is 3.34. The topological polar surface area (TPSA) is 120 Å². The molecular formula is C50H55ClN4O4. The third kappa shape index (κ3) is 11.0. The SMILES string of the molecule is CC(C)C(=O)c1ccccc1.CC1(C)C(c2ccccc2)=Nc2ccc(O)cc21.COc1ccc(N[NH3+])cc1.COc1ccc2c(c1)C(C)(C)C(c1ccccc1)=N2.[Cl-]. The molecule has 8 nitrogen and oxygen atoms in total. The van der Waals surface area contributed by atoms with E-state index in [0.717, 1.165) is 56.7 Å². The van der Waals surface area contributed by atoms with E-state index in [1.807, 2.05) is 117 Å². The summed E-state index contributed by atoms with van der Waals surface area (Å²) in [5, 5.41) is 9.63.